The smallest absolute Gasteiger partial charge is 0.0727 e. The summed E-state index contributed by atoms with van der Waals surface area (Å²) >= 11 is 0. The third-order valence-electron chi connectivity index (χ3n) is 13.6. The second kappa shape index (κ2) is 13.9. The maximum absolute atomic E-state index is 2.51. The van der Waals surface area contributed by atoms with E-state index in [1.54, 1.807) is 0 Å². The number of para-hydroxylation sites is 1. The number of hydrogen-bond donors (Lipinski definition) is 0. The lowest BCUT2D eigenvalue weighted by Gasteiger charge is -2.33. The van der Waals surface area contributed by atoms with Gasteiger partial charge in [0, 0.05) is 33.2 Å². The molecular weight excluding hydrogens is 761 g/mol. The topological polar surface area (TPSA) is 6.48 Å². The summed E-state index contributed by atoms with van der Waals surface area (Å²) in [5.74, 6) is 0. The van der Waals surface area contributed by atoms with Crippen molar-refractivity contribution in [2.45, 2.75) is 5.41 Å². The van der Waals surface area contributed by atoms with Gasteiger partial charge in [-0.3, -0.25) is 0 Å². The van der Waals surface area contributed by atoms with Crippen molar-refractivity contribution < 1.29 is 0 Å². The summed E-state index contributed by atoms with van der Waals surface area (Å²) in [6.45, 7) is 0. The number of rotatable bonds is 6. The molecule has 0 radical (unpaired) electrons. The summed E-state index contributed by atoms with van der Waals surface area (Å²) in [5, 5.41) is 7.28. The van der Waals surface area contributed by atoms with Gasteiger partial charge in [0.05, 0.1) is 22.5 Å². The zero-order chi connectivity index (χ0) is 41.5. The van der Waals surface area contributed by atoms with E-state index in [2.05, 4.69) is 252 Å². The summed E-state index contributed by atoms with van der Waals surface area (Å²) < 4.78 is 0. The van der Waals surface area contributed by atoms with E-state index in [0.29, 0.717) is 0 Å². The number of benzene rings is 11. The lowest BCUT2D eigenvalue weighted by Crippen LogP contribution is -2.26. The largest absolute Gasteiger partial charge is 0.310 e. The quantitative estimate of drug-likeness (QED) is 0.165. The molecule has 0 unspecified atom stereocenters. The first-order chi connectivity index (χ1) is 31.3. The molecule has 2 aliphatic rings. The predicted octanol–water partition coefficient (Wildman–Crippen LogP) is 16.4. The van der Waals surface area contributed by atoms with Crippen LogP contribution in [0.4, 0.5) is 34.1 Å². The standard InChI is InChI=1S/C61H40N2/c1-2-23-44(24-3-1)62(58-32-14-20-41-17-4-7-25-47(41)58)45-35-37-52-53-38-36-46(40-57(53)61(56(52)39-45)54-30-12-10-28-50(54)51-29-11-13-31-55(51)61)63(59-33-15-21-42-18-5-8-26-48(42)59)60-34-16-22-43-19-6-9-27-49(43)60/h1-40H. The van der Waals surface area contributed by atoms with E-state index in [1.807, 2.05) is 0 Å². The Hall–Kier alpha value is -8.20. The van der Waals surface area contributed by atoms with E-state index < -0.39 is 5.41 Å². The van der Waals surface area contributed by atoms with Crippen LogP contribution in [-0.2, 0) is 5.41 Å². The average Bonchev–Trinajstić information content (AvgIpc) is 3.81. The molecule has 11 aromatic carbocycles. The highest BCUT2D eigenvalue weighted by Crippen LogP contribution is 2.64. The first-order valence-corrected chi connectivity index (χ1v) is 21.8. The summed E-state index contributed by atoms with van der Waals surface area (Å²) in [5.41, 5.74) is 16.6. The molecule has 0 aromatic heterocycles. The van der Waals surface area contributed by atoms with Crippen molar-refractivity contribution in [2.75, 3.05) is 9.80 Å². The van der Waals surface area contributed by atoms with Crippen LogP contribution in [0.2, 0.25) is 0 Å². The second-order valence-electron chi connectivity index (χ2n) is 16.8. The van der Waals surface area contributed by atoms with Crippen LogP contribution in [0.15, 0.2) is 243 Å². The minimum atomic E-state index is -0.575. The van der Waals surface area contributed by atoms with E-state index in [4.69, 9.17) is 0 Å². The first kappa shape index (κ1) is 35.5. The maximum Gasteiger partial charge on any atom is 0.0727 e. The number of anilines is 6. The third kappa shape index (κ3) is 5.19. The number of nitrogens with zero attached hydrogens (tertiary/aromatic N) is 2. The fourth-order valence-corrected chi connectivity index (χ4v) is 11.0. The van der Waals surface area contributed by atoms with Gasteiger partial charge in [-0.25, -0.2) is 0 Å². The molecular formula is C61H40N2. The van der Waals surface area contributed by atoms with Gasteiger partial charge in [0.1, 0.15) is 0 Å². The molecule has 294 valence electrons. The summed E-state index contributed by atoms with van der Waals surface area (Å²) in [6.07, 6.45) is 0. The van der Waals surface area contributed by atoms with E-state index in [9.17, 15) is 0 Å². The van der Waals surface area contributed by atoms with Crippen molar-refractivity contribution in [3.05, 3.63) is 265 Å². The molecule has 11 aromatic rings. The summed E-state index contributed by atoms with van der Waals surface area (Å²) in [7, 11) is 0. The van der Waals surface area contributed by atoms with Crippen LogP contribution >= 0.6 is 0 Å². The van der Waals surface area contributed by atoms with E-state index in [-0.39, 0.29) is 0 Å². The molecule has 0 amide bonds. The molecule has 63 heavy (non-hydrogen) atoms. The highest BCUT2D eigenvalue weighted by molar-refractivity contribution is 6.06. The maximum atomic E-state index is 2.51. The Labute approximate surface area is 367 Å². The van der Waals surface area contributed by atoms with Crippen molar-refractivity contribution >= 4 is 66.4 Å². The predicted molar refractivity (Wildman–Crippen MR) is 265 cm³/mol. The molecule has 2 nitrogen and oxygen atoms in total. The molecule has 0 aliphatic heterocycles. The SMILES string of the molecule is c1ccc(N(c2ccc3c(c2)C2(c4ccccc4-c4ccccc42)c2cc(N(c4cccc5ccccc45)c4cccc5ccccc45)ccc2-3)c2cccc3ccccc23)cc1. The van der Waals surface area contributed by atoms with Gasteiger partial charge in [0.2, 0.25) is 0 Å². The minimum absolute atomic E-state index is 0.575. The second-order valence-corrected chi connectivity index (χ2v) is 16.8. The van der Waals surface area contributed by atoms with E-state index in [0.717, 1.165) is 34.1 Å². The van der Waals surface area contributed by atoms with Crippen LogP contribution in [0, 0.1) is 0 Å². The van der Waals surface area contributed by atoms with Gasteiger partial charge in [-0.05, 0) is 115 Å². The molecule has 2 heteroatoms. The van der Waals surface area contributed by atoms with Crippen molar-refractivity contribution in [3.63, 3.8) is 0 Å². The Morgan fingerprint density at radius 3 is 1.10 bits per heavy atom. The van der Waals surface area contributed by atoms with Crippen molar-refractivity contribution in [3.8, 4) is 22.3 Å². The van der Waals surface area contributed by atoms with E-state index in [1.165, 1.54) is 76.8 Å². The molecule has 1 spiro atoms. The van der Waals surface area contributed by atoms with Crippen LogP contribution in [0.5, 0.6) is 0 Å². The normalized spacial score (nSPS) is 12.9. The van der Waals surface area contributed by atoms with E-state index >= 15 is 0 Å². The fourth-order valence-electron chi connectivity index (χ4n) is 11.0. The fraction of sp³-hybridized carbons (Fsp3) is 0.0164. The monoisotopic (exact) mass is 800 g/mol. The van der Waals surface area contributed by atoms with Crippen molar-refractivity contribution in [2.24, 2.45) is 0 Å². The number of hydrogen-bond acceptors (Lipinski definition) is 2. The van der Waals surface area contributed by atoms with Crippen LogP contribution < -0.4 is 9.80 Å². The van der Waals surface area contributed by atoms with Crippen molar-refractivity contribution in [1.82, 2.24) is 0 Å². The molecule has 0 bridgehead atoms. The Morgan fingerprint density at radius 2 is 0.603 bits per heavy atom. The number of fused-ring (bicyclic) bond motifs is 13. The molecule has 0 fully saturated rings. The van der Waals surface area contributed by atoms with Gasteiger partial charge >= 0.3 is 0 Å². The van der Waals surface area contributed by atoms with Crippen LogP contribution in [0.25, 0.3) is 54.6 Å². The Morgan fingerprint density at radius 1 is 0.238 bits per heavy atom. The van der Waals surface area contributed by atoms with Gasteiger partial charge in [0.15, 0.2) is 0 Å². The van der Waals surface area contributed by atoms with Gasteiger partial charge < -0.3 is 9.80 Å². The van der Waals surface area contributed by atoms with Gasteiger partial charge in [0.25, 0.3) is 0 Å². The highest BCUT2D eigenvalue weighted by Gasteiger charge is 2.52. The third-order valence-corrected chi connectivity index (χ3v) is 13.6. The Bertz CT molecular complexity index is 3460. The van der Waals surface area contributed by atoms with Gasteiger partial charge in [-0.15, -0.1) is 0 Å². The minimum Gasteiger partial charge on any atom is -0.310 e. The van der Waals surface area contributed by atoms with Gasteiger partial charge in [-0.1, -0.05) is 188 Å². The highest BCUT2D eigenvalue weighted by atomic mass is 15.2. The van der Waals surface area contributed by atoms with Crippen LogP contribution in [0.3, 0.4) is 0 Å². The zero-order valence-electron chi connectivity index (χ0n) is 34.5. The Balaban J connectivity index is 1.10. The lowest BCUT2D eigenvalue weighted by molar-refractivity contribution is 0.793. The first-order valence-electron chi connectivity index (χ1n) is 21.8. The molecule has 0 N–H and O–H groups in total. The van der Waals surface area contributed by atoms with Crippen LogP contribution in [0.1, 0.15) is 22.3 Å². The zero-order valence-corrected chi connectivity index (χ0v) is 34.5. The van der Waals surface area contributed by atoms with Gasteiger partial charge in [-0.2, -0.15) is 0 Å². The molecule has 0 saturated heterocycles. The van der Waals surface area contributed by atoms with Crippen LogP contribution in [-0.4, -0.2) is 0 Å². The summed E-state index contributed by atoms with van der Waals surface area (Å²) in [4.78, 5) is 4.94. The molecule has 0 atom stereocenters. The van der Waals surface area contributed by atoms with Crippen molar-refractivity contribution in [1.29, 1.82) is 0 Å². The lowest BCUT2D eigenvalue weighted by atomic mass is 9.70. The summed E-state index contributed by atoms with van der Waals surface area (Å²) in [6, 6.07) is 89.8. The molecule has 0 saturated carbocycles. The molecule has 13 rings (SSSR count). The Kier molecular flexibility index (Phi) is 7.85. The molecule has 0 heterocycles. The average molecular weight is 801 g/mol. The molecule has 2 aliphatic carbocycles.